The maximum atomic E-state index is 11.3. The molecule has 1 rings (SSSR count). The molecule has 0 aromatic carbocycles. The first-order chi connectivity index (χ1) is 6.11. The average Bonchev–Trinajstić information content (AvgIpc) is 2.39. The maximum absolute atomic E-state index is 11.3. The van der Waals surface area contributed by atoms with E-state index in [0.717, 1.165) is 4.47 Å². The molecule has 0 aliphatic carbocycles. The van der Waals surface area contributed by atoms with E-state index in [-0.39, 0.29) is 0 Å². The van der Waals surface area contributed by atoms with Crippen LogP contribution in [-0.2, 0) is 11.8 Å². The summed E-state index contributed by atoms with van der Waals surface area (Å²) in [4.78, 5) is 11.3. The van der Waals surface area contributed by atoms with Crippen molar-refractivity contribution in [1.29, 1.82) is 0 Å². The van der Waals surface area contributed by atoms with Crippen molar-refractivity contribution < 1.29 is 14.3 Å². The number of hydrogen-bond donors (Lipinski definition) is 0. The summed E-state index contributed by atoms with van der Waals surface area (Å²) in [6, 6.07) is 0. The van der Waals surface area contributed by atoms with Gasteiger partial charge in [-0.25, -0.2) is 4.79 Å². The number of methoxy groups -OCH3 is 2. The number of esters is 1. The Morgan fingerprint density at radius 2 is 2.15 bits per heavy atom. The van der Waals surface area contributed by atoms with E-state index in [0.29, 0.717) is 11.4 Å². The Hall–Kier alpha value is -0.970. The zero-order valence-electron chi connectivity index (χ0n) is 7.63. The van der Waals surface area contributed by atoms with E-state index in [1.807, 2.05) is 0 Å². The number of rotatable bonds is 2. The molecule has 4 nitrogen and oxygen atoms in total. The fourth-order valence-corrected chi connectivity index (χ4v) is 1.75. The summed E-state index contributed by atoms with van der Waals surface area (Å²) in [5.41, 5.74) is 0.400. The van der Waals surface area contributed by atoms with Gasteiger partial charge in [0.1, 0.15) is 0 Å². The van der Waals surface area contributed by atoms with E-state index in [1.54, 1.807) is 17.8 Å². The first-order valence-corrected chi connectivity index (χ1v) is 4.38. The lowest BCUT2D eigenvalue weighted by Gasteiger charge is -2.03. The molecular weight excluding hydrogens is 238 g/mol. The van der Waals surface area contributed by atoms with Gasteiger partial charge in [-0.05, 0) is 15.9 Å². The molecule has 0 fully saturated rings. The molecule has 5 heteroatoms. The molecule has 0 saturated heterocycles. The van der Waals surface area contributed by atoms with Gasteiger partial charge in [0.2, 0.25) is 0 Å². The van der Waals surface area contributed by atoms with Gasteiger partial charge in [-0.3, -0.25) is 0 Å². The van der Waals surface area contributed by atoms with Gasteiger partial charge in [-0.1, -0.05) is 0 Å². The second-order valence-electron chi connectivity index (χ2n) is 2.46. The van der Waals surface area contributed by atoms with Crippen LogP contribution in [0.5, 0.6) is 5.75 Å². The van der Waals surface area contributed by atoms with Crippen LogP contribution in [0.3, 0.4) is 0 Å². The summed E-state index contributed by atoms with van der Waals surface area (Å²) in [7, 11) is 4.59. The molecule has 0 N–H and O–H groups in total. The Balaban J connectivity index is 3.24. The van der Waals surface area contributed by atoms with Crippen molar-refractivity contribution in [1.82, 2.24) is 4.57 Å². The summed E-state index contributed by atoms with van der Waals surface area (Å²) >= 11 is 3.27. The Kier molecular flexibility index (Phi) is 2.98. The largest absolute Gasteiger partial charge is 0.493 e. The first-order valence-electron chi connectivity index (χ1n) is 3.59. The number of aromatic nitrogens is 1. The van der Waals surface area contributed by atoms with Crippen LogP contribution in [0.4, 0.5) is 0 Å². The van der Waals surface area contributed by atoms with E-state index in [2.05, 4.69) is 20.7 Å². The van der Waals surface area contributed by atoms with E-state index >= 15 is 0 Å². The van der Waals surface area contributed by atoms with Crippen LogP contribution in [0.15, 0.2) is 10.7 Å². The Labute approximate surface area is 84.6 Å². The molecule has 0 radical (unpaired) electrons. The molecule has 13 heavy (non-hydrogen) atoms. The smallest absolute Gasteiger partial charge is 0.358 e. The van der Waals surface area contributed by atoms with Gasteiger partial charge < -0.3 is 14.0 Å². The lowest BCUT2D eigenvalue weighted by atomic mass is 10.4. The van der Waals surface area contributed by atoms with Gasteiger partial charge in [0.05, 0.1) is 18.7 Å². The van der Waals surface area contributed by atoms with Crippen molar-refractivity contribution in [2.24, 2.45) is 7.05 Å². The number of hydrogen-bond acceptors (Lipinski definition) is 3. The number of carbonyl (C=O) groups excluding carboxylic acids is 1. The van der Waals surface area contributed by atoms with Crippen LogP contribution in [0.1, 0.15) is 10.5 Å². The van der Waals surface area contributed by atoms with Crippen molar-refractivity contribution in [2.75, 3.05) is 14.2 Å². The molecule has 0 aliphatic rings. The van der Waals surface area contributed by atoms with Crippen molar-refractivity contribution in [2.45, 2.75) is 0 Å². The van der Waals surface area contributed by atoms with Gasteiger partial charge in [-0.15, -0.1) is 0 Å². The SMILES string of the molecule is COC(=O)c1c(OC)c(Br)cn1C. The fraction of sp³-hybridized carbons (Fsp3) is 0.375. The Bertz CT molecular complexity index is 332. The lowest BCUT2D eigenvalue weighted by Crippen LogP contribution is -2.08. The molecule has 0 atom stereocenters. The number of halogens is 1. The van der Waals surface area contributed by atoms with Crippen LogP contribution in [0, 0.1) is 0 Å². The van der Waals surface area contributed by atoms with Crippen molar-refractivity contribution >= 4 is 21.9 Å². The minimum absolute atomic E-state index is 0.400. The van der Waals surface area contributed by atoms with Gasteiger partial charge >= 0.3 is 5.97 Å². The highest BCUT2D eigenvalue weighted by molar-refractivity contribution is 9.10. The number of aryl methyl sites for hydroxylation is 1. The van der Waals surface area contributed by atoms with Crippen LogP contribution in [0.2, 0.25) is 0 Å². The van der Waals surface area contributed by atoms with Crippen LogP contribution in [-0.4, -0.2) is 24.8 Å². The fourth-order valence-electron chi connectivity index (χ4n) is 1.09. The predicted molar refractivity (Wildman–Crippen MR) is 51.0 cm³/mol. The normalized spacial score (nSPS) is 9.85. The third kappa shape index (κ3) is 1.70. The molecule has 0 unspecified atom stereocenters. The molecule has 0 aliphatic heterocycles. The van der Waals surface area contributed by atoms with E-state index in [4.69, 9.17) is 4.74 Å². The summed E-state index contributed by atoms with van der Waals surface area (Å²) in [5.74, 6) is 0.0828. The van der Waals surface area contributed by atoms with Gasteiger partial charge in [0, 0.05) is 13.2 Å². The lowest BCUT2D eigenvalue weighted by molar-refractivity contribution is 0.0586. The Morgan fingerprint density at radius 1 is 1.54 bits per heavy atom. The van der Waals surface area contributed by atoms with E-state index in [1.165, 1.54) is 14.2 Å². The zero-order valence-corrected chi connectivity index (χ0v) is 9.21. The van der Waals surface area contributed by atoms with Crippen LogP contribution in [0.25, 0.3) is 0 Å². The molecule has 1 heterocycles. The summed E-state index contributed by atoms with van der Waals surface area (Å²) in [6.07, 6.45) is 1.74. The number of ether oxygens (including phenoxy) is 2. The van der Waals surface area contributed by atoms with Crippen molar-refractivity contribution in [3.63, 3.8) is 0 Å². The highest BCUT2D eigenvalue weighted by Crippen LogP contribution is 2.30. The molecule has 0 amide bonds. The minimum atomic E-state index is -0.412. The number of carbonyl (C=O) groups is 1. The topological polar surface area (TPSA) is 40.5 Å². The molecule has 0 spiro atoms. The average molecular weight is 248 g/mol. The monoisotopic (exact) mass is 247 g/mol. The summed E-state index contributed by atoms with van der Waals surface area (Å²) in [6.45, 7) is 0. The molecule has 1 aromatic rings. The van der Waals surface area contributed by atoms with Crippen molar-refractivity contribution in [3.05, 3.63) is 16.4 Å². The summed E-state index contributed by atoms with van der Waals surface area (Å²) < 4.78 is 12.0. The number of nitrogens with zero attached hydrogens (tertiary/aromatic N) is 1. The third-order valence-electron chi connectivity index (χ3n) is 1.67. The third-order valence-corrected chi connectivity index (χ3v) is 2.24. The van der Waals surface area contributed by atoms with Crippen molar-refractivity contribution in [3.8, 4) is 5.75 Å². The van der Waals surface area contributed by atoms with Gasteiger partial charge in [0.15, 0.2) is 11.4 Å². The van der Waals surface area contributed by atoms with E-state index < -0.39 is 5.97 Å². The van der Waals surface area contributed by atoms with E-state index in [9.17, 15) is 4.79 Å². The maximum Gasteiger partial charge on any atom is 0.358 e. The second kappa shape index (κ2) is 3.83. The molecular formula is C8H10BrNO3. The first kappa shape index (κ1) is 10.1. The predicted octanol–water partition coefficient (Wildman–Crippen LogP) is 1.58. The zero-order chi connectivity index (χ0) is 10.0. The quantitative estimate of drug-likeness (QED) is 0.746. The minimum Gasteiger partial charge on any atom is -0.493 e. The second-order valence-corrected chi connectivity index (χ2v) is 3.32. The summed E-state index contributed by atoms with van der Waals surface area (Å²) in [5, 5.41) is 0. The van der Waals surface area contributed by atoms with Gasteiger partial charge in [-0.2, -0.15) is 0 Å². The standard InChI is InChI=1S/C8H10BrNO3/c1-10-4-5(9)7(12-2)6(10)8(11)13-3/h4H,1-3H3. The molecule has 72 valence electrons. The highest BCUT2D eigenvalue weighted by Gasteiger charge is 2.20. The van der Waals surface area contributed by atoms with Crippen LogP contribution >= 0.6 is 15.9 Å². The highest BCUT2D eigenvalue weighted by atomic mass is 79.9. The van der Waals surface area contributed by atoms with Gasteiger partial charge in [0.25, 0.3) is 0 Å². The van der Waals surface area contributed by atoms with Crippen LogP contribution < -0.4 is 4.74 Å². The molecule has 0 saturated carbocycles. The molecule has 1 aromatic heterocycles. The Morgan fingerprint density at radius 3 is 2.62 bits per heavy atom. The molecule has 0 bridgehead atoms.